The molecule has 0 saturated carbocycles. The highest BCUT2D eigenvalue weighted by atomic mass is 16.5. The molecule has 0 spiro atoms. The van der Waals surface area contributed by atoms with Crippen molar-refractivity contribution >= 4 is 29.0 Å². The second-order valence-electron chi connectivity index (χ2n) is 6.46. The predicted molar refractivity (Wildman–Crippen MR) is 111 cm³/mol. The van der Waals surface area contributed by atoms with Gasteiger partial charge in [-0.05, 0) is 42.5 Å². The van der Waals surface area contributed by atoms with Crippen LogP contribution in [0, 0.1) is 0 Å². The molecule has 7 nitrogen and oxygen atoms in total. The standard InChI is InChI=1S/C22H19N3O4/c1-25-18-8-3-4-9-20(18)29-19-11-10-15(13-17(19)21(25)26)24-22(27)23-14-6-5-7-16(12-14)28-2/h3-13H,1-2H3,(H2,23,24,27). The molecule has 0 aliphatic carbocycles. The van der Waals surface area contributed by atoms with Gasteiger partial charge in [-0.1, -0.05) is 18.2 Å². The van der Waals surface area contributed by atoms with Crippen molar-refractivity contribution in [1.82, 2.24) is 0 Å². The quantitative estimate of drug-likeness (QED) is 0.679. The Balaban J connectivity index is 1.55. The van der Waals surface area contributed by atoms with Gasteiger partial charge in [-0.15, -0.1) is 0 Å². The highest BCUT2D eigenvalue weighted by molar-refractivity contribution is 6.10. The largest absolute Gasteiger partial charge is 0.497 e. The van der Waals surface area contributed by atoms with Crippen molar-refractivity contribution in [2.24, 2.45) is 0 Å². The van der Waals surface area contributed by atoms with Crippen LogP contribution in [0.3, 0.4) is 0 Å². The zero-order chi connectivity index (χ0) is 20.4. The van der Waals surface area contributed by atoms with E-state index in [1.807, 2.05) is 24.3 Å². The van der Waals surface area contributed by atoms with E-state index in [0.29, 0.717) is 39.9 Å². The molecule has 1 heterocycles. The summed E-state index contributed by atoms with van der Waals surface area (Å²) in [6.07, 6.45) is 0. The summed E-state index contributed by atoms with van der Waals surface area (Å²) in [6.45, 7) is 0. The minimum absolute atomic E-state index is 0.221. The van der Waals surface area contributed by atoms with Crippen LogP contribution < -0.4 is 25.0 Å². The number of hydrogen-bond donors (Lipinski definition) is 2. The van der Waals surface area contributed by atoms with E-state index < -0.39 is 6.03 Å². The molecule has 0 atom stereocenters. The highest BCUT2D eigenvalue weighted by Crippen LogP contribution is 2.38. The fraction of sp³-hybridized carbons (Fsp3) is 0.0909. The van der Waals surface area contributed by atoms with Gasteiger partial charge in [0, 0.05) is 24.5 Å². The van der Waals surface area contributed by atoms with Crippen LogP contribution in [0.1, 0.15) is 10.4 Å². The van der Waals surface area contributed by atoms with Gasteiger partial charge in [0.1, 0.15) is 11.5 Å². The molecule has 3 aromatic carbocycles. The van der Waals surface area contributed by atoms with Crippen LogP contribution >= 0.6 is 0 Å². The first kappa shape index (κ1) is 18.4. The predicted octanol–water partition coefficient (Wildman–Crippen LogP) is 4.72. The van der Waals surface area contributed by atoms with Crippen LogP contribution in [0.2, 0.25) is 0 Å². The third kappa shape index (κ3) is 3.70. The molecule has 3 aromatic rings. The number of amides is 3. The second kappa shape index (κ2) is 7.55. The van der Waals surface area contributed by atoms with Gasteiger partial charge in [-0.25, -0.2) is 4.79 Å². The van der Waals surface area contributed by atoms with E-state index in [2.05, 4.69) is 10.6 Å². The Morgan fingerprint density at radius 3 is 2.48 bits per heavy atom. The fourth-order valence-electron chi connectivity index (χ4n) is 3.09. The number of para-hydroxylation sites is 2. The fourth-order valence-corrected chi connectivity index (χ4v) is 3.09. The zero-order valence-corrected chi connectivity index (χ0v) is 15.9. The number of fused-ring (bicyclic) bond motifs is 2. The van der Waals surface area contributed by atoms with Crippen molar-refractivity contribution in [3.8, 4) is 17.2 Å². The Hall–Kier alpha value is -4.00. The zero-order valence-electron chi connectivity index (χ0n) is 15.9. The van der Waals surface area contributed by atoms with E-state index in [9.17, 15) is 9.59 Å². The Kier molecular flexibility index (Phi) is 4.78. The lowest BCUT2D eigenvalue weighted by Gasteiger charge is -2.16. The normalized spacial score (nSPS) is 12.2. The van der Waals surface area contributed by atoms with Gasteiger partial charge in [0.15, 0.2) is 5.75 Å². The maximum Gasteiger partial charge on any atom is 0.323 e. The first-order chi connectivity index (χ1) is 14.0. The Bertz CT molecular complexity index is 1100. The number of carbonyl (C=O) groups excluding carboxylic acids is 2. The summed E-state index contributed by atoms with van der Waals surface area (Å²) in [5.41, 5.74) is 2.11. The summed E-state index contributed by atoms with van der Waals surface area (Å²) in [5, 5.41) is 5.47. The molecule has 0 bridgehead atoms. The molecule has 2 N–H and O–H groups in total. The number of nitrogens with zero attached hydrogens (tertiary/aromatic N) is 1. The molecule has 1 aliphatic heterocycles. The molecule has 146 valence electrons. The number of urea groups is 1. The number of rotatable bonds is 3. The molecule has 1 aliphatic rings. The lowest BCUT2D eigenvalue weighted by molar-refractivity contribution is 0.0993. The maximum atomic E-state index is 12.9. The summed E-state index contributed by atoms with van der Waals surface area (Å²) in [7, 11) is 3.25. The van der Waals surface area contributed by atoms with Gasteiger partial charge in [-0.2, -0.15) is 0 Å². The molecule has 0 aromatic heterocycles. The van der Waals surface area contributed by atoms with Gasteiger partial charge in [0.05, 0.1) is 18.4 Å². The van der Waals surface area contributed by atoms with Crippen LogP contribution in [0.25, 0.3) is 0 Å². The first-order valence-electron chi connectivity index (χ1n) is 8.96. The van der Waals surface area contributed by atoms with Crippen molar-refractivity contribution in [3.63, 3.8) is 0 Å². The first-order valence-corrected chi connectivity index (χ1v) is 8.96. The molecule has 0 unspecified atom stereocenters. The smallest absolute Gasteiger partial charge is 0.323 e. The van der Waals surface area contributed by atoms with Gasteiger partial charge in [-0.3, -0.25) is 4.79 Å². The summed E-state index contributed by atoms with van der Waals surface area (Å²) >= 11 is 0. The SMILES string of the molecule is COc1cccc(NC(=O)Nc2ccc3c(c2)C(=O)N(C)c2ccccc2O3)c1. The van der Waals surface area contributed by atoms with E-state index in [1.165, 1.54) is 4.90 Å². The number of carbonyl (C=O) groups is 2. The average molecular weight is 389 g/mol. The Morgan fingerprint density at radius 2 is 1.69 bits per heavy atom. The molecule has 0 radical (unpaired) electrons. The molecular formula is C22H19N3O4. The average Bonchev–Trinajstić information content (AvgIpc) is 2.83. The maximum absolute atomic E-state index is 12.9. The number of benzene rings is 3. The Labute approximate surface area is 167 Å². The van der Waals surface area contributed by atoms with Gasteiger partial charge >= 0.3 is 6.03 Å². The Morgan fingerprint density at radius 1 is 0.931 bits per heavy atom. The van der Waals surface area contributed by atoms with Gasteiger partial charge < -0.3 is 25.0 Å². The molecule has 0 fully saturated rings. The van der Waals surface area contributed by atoms with Crippen LogP contribution in [-0.4, -0.2) is 26.1 Å². The van der Waals surface area contributed by atoms with E-state index in [-0.39, 0.29) is 5.91 Å². The second-order valence-corrected chi connectivity index (χ2v) is 6.46. The molecule has 0 saturated heterocycles. The molecule has 3 amide bonds. The monoisotopic (exact) mass is 389 g/mol. The molecule has 4 rings (SSSR count). The van der Waals surface area contributed by atoms with Crippen molar-refractivity contribution in [2.75, 3.05) is 29.7 Å². The third-order valence-electron chi connectivity index (χ3n) is 4.55. The van der Waals surface area contributed by atoms with Gasteiger partial charge in [0.2, 0.25) is 0 Å². The molecule has 7 heteroatoms. The molecule has 29 heavy (non-hydrogen) atoms. The number of methoxy groups -OCH3 is 1. The minimum Gasteiger partial charge on any atom is -0.497 e. The van der Waals surface area contributed by atoms with Crippen molar-refractivity contribution in [3.05, 3.63) is 72.3 Å². The summed E-state index contributed by atoms with van der Waals surface area (Å²) in [4.78, 5) is 26.8. The van der Waals surface area contributed by atoms with E-state index in [4.69, 9.17) is 9.47 Å². The van der Waals surface area contributed by atoms with Crippen molar-refractivity contribution in [1.29, 1.82) is 0 Å². The topological polar surface area (TPSA) is 79.9 Å². The number of ether oxygens (including phenoxy) is 2. The van der Waals surface area contributed by atoms with Gasteiger partial charge in [0.25, 0.3) is 5.91 Å². The molecular weight excluding hydrogens is 370 g/mol. The van der Waals surface area contributed by atoms with Crippen LogP contribution in [0.15, 0.2) is 66.7 Å². The van der Waals surface area contributed by atoms with E-state index in [1.54, 1.807) is 56.6 Å². The summed E-state index contributed by atoms with van der Waals surface area (Å²) in [6, 6.07) is 18.9. The number of anilines is 3. The van der Waals surface area contributed by atoms with Crippen molar-refractivity contribution < 1.29 is 19.1 Å². The number of nitrogens with one attached hydrogen (secondary N) is 2. The van der Waals surface area contributed by atoms with Crippen molar-refractivity contribution in [2.45, 2.75) is 0 Å². The van der Waals surface area contributed by atoms with Crippen LogP contribution in [0.4, 0.5) is 21.9 Å². The lowest BCUT2D eigenvalue weighted by Crippen LogP contribution is -2.25. The summed E-state index contributed by atoms with van der Waals surface area (Å²) in [5.74, 6) is 1.45. The van der Waals surface area contributed by atoms with E-state index >= 15 is 0 Å². The highest BCUT2D eigenvalue weighted by Gasteiger charge is 2.25. The summed E-state index contributed by atoms with van der Waals surface area (Å²) < 4.78 is 11.1. The number of hydrogen-bond acceptors (Lipinski definition) is 4. The van der Waals surface area contributed by atoms with E-state index in [0.717, 1.165) is 0 Å². The lowest BCUT2D eigenvalue weighted by atomic mass is 10.1. The third-order valence-corrected chi connectivity index (χ3v) is 4.55. The van der Waals surface area contributed by atoms with Crippen LogP contribution in [-0.2, 0) is 0 Å². The minimum atomic E-state index is -0.433. The van der Waals surface area contributed by atoms with Crippen LogP contribution in [0.5, 0.6) is 17.2 Å².